The number of ether oxygens (including phenoxy) is 1. The molecule has 0 saturated carbocycles. The van der Waals surface area contributed by atoms with Gasteiger partial charge < -0.3 is 9.64 Å². The Balaban J connectivity index is 1.42. The highest BCUT2D eigenvalue weighted by molar-refractivity contribution is 7.10. The van der Waals surface area contributed by atoms with E-state index in [9.17, 15) is 4.79 Å². The van der Waals surface area contributed by atoms with Gasteiger partial charge in [0.25, 0.3) is 5.91 Å². The summed E-state index contributed by atoms with van der Waals surface area (Å²) >= 11 is 1.73. The van der Waals surface area contributed by atoms with Gasteiger partial charge in [0.05, 0.1) is 6.04 Å². The Morgan fingerprint density at radius 2 is 1.85 bits per heavy atom. The van der Waals surface area contributed by atoms with E-state index in [4.69, 9.17) is 4.74 Å². The highest BCUT2D eigenvalue weighted by Gasteiger charge is 2.31. The fourth-order valence-corrected chi connectivity index (χ4v) is 4.25. The topological polar surface area (TPSA) is 29.5 Å². The van der Waals surface area contributed by atoms with Gasteiger partial charge in [-0.1, -0.05) is 36.4 Å². The highest BCUT2D eigenvalue weighted by atomic mass is 32.1. The largest absolute Gasteiger partial charge is 0.489 e. The summed E-state index contributed by atoms with van der Waals surface area (Å²) in [5.41, 5.74) is 1.80. The second kappa shape index (κ2) is 7.75. The first-order chi connectivity index (χ1) is 12.8. The summed E-state index contributed by atoms with van der Waals surface area (Å²) in [4.78, 5) is 16.2. The molecule has 4 heteroatoms. The molecular formula is C22H21NO2S. The Kier molecular flexibility index (Phi) is 5.02. The van der Waals surface area contributed by atoms with E-state index < -0.39 is 0 Å². The lowest BCUT2D eigenvalue weighted by Crippen LogP contribution is -2.30. The van der Waals surface area contributed by atoms with Crippen LogP contribution in [0.3, 0.4) is 0 Å². The molecule has 132 valence electrons. The van der Waals surface area contributed by atoms with Crippen LogP contribution in [0.4, 0.5) is 0 Å². The summed E-state index contributed by atoms with van der Waals surface area (Å²) in [7, 11) is 0. The third-order valence-electron chi connectivity index (χ3n) is 4.73. The monoisotopic (exact) mass is 363 g/mol. The molecule has 1 aliphatic rings. The smallest absolute Gasteiger partial charge is 0.254 e. The van der Waals surface area contributed by atoms with Gasteiger partial charge in [-0.05, 0) is 54.1 Å². The maximum absolute atomic E-state index is 12.9. The molecule has 3 nitrogen and oxygen atoms in total. The summed E-state index contributed by atoms with van der Waals surface area (Å²) in [5, 5.41) is 2.08. The molecule has 1 fully saturated rings. The summed E-state index contributed by atoms with van der Waals surface area (Å²) in [6.45, 7) is 1.33. The summed E-state index contributed by atoms with van der Waals surface area (Å²) in [6, 6.07) is 22.0. The van der Waals surface area contributed by atoms with E-state index in [0.29, 0.717) is 6.61 Å². The molecule has 1 unspecified atom stereocenters. The van der Waals surface area contributed by atoms with Gasteiger partial charge in [-0.2, -0.15) is 0 Å². The Labute approximate surface area is 157 Å². The summed E-state index contributed by atoms with van der Waals surface area (Å²) in [6.07, 6.45) is 2.12. The summed E-state index contributed by atoms with van der Waals surface area (Å²) in [5.74, 6) is 0.972. The Morgan fingerprint density at radius 1 is 1.04 bits per heavy atom. The molecule has 1 atom stereocenters. The van der Waals surface area contributed by atoms with Gasteiger partial charge in [-0.25, -0.2) is 0 Å². The molecule has 1 amide bonds. The number of thiophene rings is 1. The second-order valence-electron chi connectivity index (χ2n) is 6.47. The average molecular weight is 363 g/mol. The first kappa shape index (κ1) is 16.9. The van der Waals surface area contributed by atoms with Crippen molar-refractivity contribution in [3.05, 3.63) is 88.1 Å². The van der Waals surface area contributed by atoms with Gasteiger partial charge in [0.2, 0.25) is 0 Å². The van der Waals surface area contributed by atoms with Crippen LogP contribution in [-0.2, 0) is 6.61 Å². The van der Waals surface area contributed by atoms with E-state index in [1.54, 1.807) is 11.3 Å². The van der Waals surface area contributed by atoms with Crippen LogP contribution in [0.1, 0.15) is 39.7 Å². The number of carbonyl (C=O) groups is 1. The maximum Gasteiger partial charge on any atom is 0.254 e. The van der Waals surface area contributed by atoms with Crippen molar-refractivity contribution in [2.24, 2.45) is 0 Å². The van der Waals surface area contributed by atoms with Crippen molar-refractivity contribution in [1.82, 2.24) is 4.90 Å². The van der Waals surface area contributed by atoms with Crippen LogP contribution in [-0.4, -0.2) is 17.4 Å². The predicted molar refractivity (Wildman–Crippen MR) is 105 cm³/mol. The van der Waals surface area contributed by atoms with Gasteiger partial charge in [-0.15, -0.1) is 11.3 Å². The van der Waals surface area contributed by atoms with Crippen molar-refractivity contribution < 1.29 is 9.53 Å². The van der Waals surface area contributed by atoms with Gasteiger partial charge in [0.15, 0.2) is 0 Å². The minimum atomic E-state index is 0.122. The molecule has 26 heavy (non-hydrogen) atoms. The van der Waals surface area contributed by atoms with Crippen molar-refractivity contribution >= 4 is 17.2 Å². The number of likely N-dealkylation sites (tertiary alicyclic amines) is 1. The van der Waals surface area contributed by atoms with E-state index in [1.807, 2.05) is 59.5 Å². The van der Waals surface area contributed by atoms with Gasteiger partial charge in [0.1, 0.15) is 12.4 Å². The lowest BCUT2D eigenvalue weighted by molar-refractivity contribution is 0.0738. The van der Waals surface area contributed by atoms with Crippen LogP contribution in [0, 0.1) is 0 Å². The van der Waals surface area contributed by atoms with Crippen molar-refractivity contribution in [2.45, 2.75) is 25.5 Å². The third kappa shape index (κ3) is 3.65. The van der Waals surface area contributed by atoms with E-state index in [1.165, 1.54) is 4.88 Å². The number of para-hydroxylation sites is 1. The zero-order valence-corrected chi connectivity index (χ0v) is 15.3. The van der Waals surface area contributed by atoms with Crippen molar-refractivity contribution in [2.75, 3.05) is 6.54 Å². The first-order valence-electron chi connectivity index (χ1n) is 8.92. The van der Waals surface area contributed by atoms with Crippen LogP contribution in [0.15, 0.2) is 72.1 Å². The Morgan fingerprint density at radius 3 is 2.58 bits per heavy atom. The number of nitrogens with zero attached hydrogens (tertiary/aromatic N) is 1. The molecule has 0 N–H and O–H groups in total. The number of amides is 1. The number of benzene rings is 2. The lowest BCUT2D eigenvalue weighted by Gasteiger charge is -2.24. The zero-order chi connectivity index (χ0) is 17.8. The minimum absolute atomic E-state index is 0.122. The predicted octanol–water partition coefficient (Wildman–Crippen LogP) is 5.30. The van der Waals surface area contributed by atoms with Crippen molar-refractivity contribution in [3.63, 3.8) is 0 Å². The molecule has 1 saturated heterocycles. The van der Waals surface area contributed by atoms with Crippen LogP contribution >= 0.6 is 11.3 Å². The van der Waals surface area contributed by atoms with Crippen LogP contribution in [0.2, 0.25) is 0 Å². The minimum Gasteiger partial charge on any atom is -0.489 e. The molecule has 3 aromatic rings. The fraction of sp³-hybridized carbons (Fsp3) is 0.227. The lowest BCUT2D eigenvalue weighted by atomic mass is 10.1. The first-order valence-corrected chi connectivity index (χ1v) is 9.80. The van der Waals surface area contributed by atoms with Gasteiger partial charge in [-0.3, -0.25) is 4.79 Å². The van der Waals surface area contributed by atoms with E-state index in [-0.39, 0.29) is 11.9 Å². The van der Waals surface area contributed by atoms with Crippen LogP contribution < -0.4 is 4.74 Å². The Hall–Kier alpha value is -2.59. The molecule has 2 heterocycles. The normalized spacial score (nSPS) is 16.6. The summed E-state index contributed by atoms with van der Waals surface area (Å²) < 4.78 is 5.76. The molecule has 0 radical (unpaired) electrons. The van der Waals surface area contributed by atoms with Crippen LogP contribution in [0.25, 0.3) is 0 Å². The van der Waals surface area contributed by atoms with E-state index in [0.717, 1.165) is 36.3 Å². The quantitative estimate of drug-likeness (QED) is 0.615. The number of rotatable bonds is 5. The van der Waals surface area contributed by atoms with E-state index >= 15 is 0 Å². The number of hydrogen-bond acceptors (Lipinski definition) is 3. The standard InChI is InChI=1S/C22H21NO2S/c24-22(23-14-4-8-20(23)21-9-5-15-26-21)18-12-10-17(11-13-18)16-25-19-6-2-1-3-7-19/h1-3,5-7,9-13,15,20H,4,8,14,16H2. The SMILES string of the molecule is O=C(c1ccc(COc2ccccc2)cc1)N1CCCC1c1cccs1. The number of carbonyl (C=O) groups excluding carboxylic acids is 1. The highest BCUT2D eigenvalue weighted by Crippen LogP contribution is 2.35. The molecule has 1 aliphatic heterocycles. The van der Waals surface area contributed by atoms with Crippen LogP contribution in [0.5, 0.6) is 5.75 Å². The second-order valence-corrected chi connectivity index (χ2v) is 7.45. The van der Waals surface area contributed by atoms with E-state index in [2.05, 4.69) is 17.5 Å². The third-order valence-corrected chi connectivity index (χ3v) is 5.71. The molecule has 4 rings (SSSR count). The molecule has 0 spiro atoms. The molecule has 0 bridgehead atoms. The van der Waals surface area contributed by atoms with Crippen molar-refractivity contribution in [1.29, 1.82) is 0 Å². The number of hydrogen-bond donors (Lipinski definition) is 0. The van der Waals surface area contributed by atoms with Gasteiger partial charge >= 0.3 is 0 Å². The molecule has 0 aliphatic carbocycles. The molecule has 2 aromatic carbocycles. The molecule has 1 aromatic heterocycles. The zero-order valence-electron chi connectivity index (χ0n) is 14.5. The fourth-order valence-electron chi connectivity index (χ4n) is 3.38. The Bertz CT molecular complexity index is 844. The maximum atomic E-state index is 12.9. The average Bonchev–Trinajstić information content (AvgIpc) is 3.38. The molecular weight excluding hydrogens is 342 g/mol. The van der Waals surface area contributed by atoms with Crippen molar-refractivity contribution in [3.8, 4) is 5.75 Å². The van der Waals surface area contributed by atoms with Gasteiger partial charge in [0, 0.05) is 17.0 Å².